The highest BCUT2D eigenvalue weighted by molar-refractivity contribution is 5.95. The maximum Gasteiger partial charge on any atom is 0.251 e. The minimum atomic E-state index is -0.0585. The number of amides is 1. The van der Waals surface area contributed by atoms with Gasteiger partial charge in [-0.15, -0.1) is 0 Å². The molecule has 0 aliphatic carbocycles. The molecule has 0 aliphatic heterocycles. The second-order valence-electron chi connectivity index (χ2n) is 2.85. The van der Waals surface area contributed by atoms with Crippen molar-refractivity contribution in [3.63, 3.8) is 0 Å². The number of anilines is 1. The molecule has 3 nitrogen and oxygen atoms in total. The van der Waals surface area contributed by atoms with Crippen molar-refractivity contribution in [3.05, 3.63) is 29.3 Å². The maximum atomic E-state index is 11.4. The van der Waals surface area contributed by atoms with Crippen molar-refractivity contribution >= 4 is 11.6 Å². The molecule has 0 bridgehead atoms. The van der Waals surface area contributed by atoms with Crippen LogP contribution in [0.2, 0.25) is 0 Å². The van der Waals surface area contributed by atoms with Crippen LogP contribution >= 0.6 is 0 Å². The van der Waals surface area contributed by atoms with Crippen LogP contribution in [0.4, 0.5) is 5.69 Å². The fraction of sp³-hybridized carbons (Fsp3) is 0.300. The van der Waals surface area contributed by atoms with E-state index in [2.05, 4.69) is 5.32 Å². The number of nitrogen functional groups attached to an aromatic ring is 1. The fourth-order valence-corrected chi connectivity index (χ4v) is 1.26. The minimum Gasteiger partial charge on any atom is -0.399 e. The highest BCUT2D eigenvalue weighted by Gasteiger charge is 2.07. The third-order valence-electron chi connectivity index (χ3n) is 1.98. The highest BCUT2D eigenvalue weighted by atomic mass is 16.1. The van der Waals surface area contributed by atoms with E-state index in [1.165, 1.54) is 0 Å². The predicted octanol–water partition coefficient (Wildman–Crippen LogP) is 1.19. The van der Waals surface area contributed by atoms with Crippen LogP contribution in [-0.4, -0.2) is 13.0 Å². The number of aryl methyl sites for hydroxylation is 1. The van der Waals surface area contributed by atoms with Gasteiger partial charge in [0.25, 0.3) is 5.91 Å². The summed E-state index contributed by atoms with van der Waals surface area (Å²) < 4.78 is 0. The van der Waals surface area contributed by atoms with E-state index < -0.39 is 0 Å². The molecule has 13 heavy (non-hydrogen) atoms. The molecule has 1 aromatic rings. The average Bonchev–Trinajstić information content (AvgIpc) is 2.16. The van der Waals surface area contributed by atoms with Gasteiger partial charge in [-0.2, -0.15) is 0 Å². The van der Waals surface area contributed by atoms with Gasteiger partial charge in [-0.05, 0) is 30.2 Å². The molecule has 0 radical (unpaired) electrons. The average molecular weight is 178 g/mol. The first-order chi connectivity index (χ1) is 6.19. The molecule has 70 valence electrons. The molecule has 0 atom stereocenters. The van der Waals surface area contributed by atoms with Crippen molar-refractivity contribution in [1.29, 1.82) is 0 Å². The predicted molar refractivity (Wildman–Crippen MR) is 53.6 cm³/mol. The summed E-state index contributed by atoms with van der Waals surface area (Å²) in [5.41, 5.74) is 8.00. The summed E-state index contributed by atoms with van der Waals surface area (Å²) in [5, 5.41) is 2.60. The third kappa shape index (κ3) is 1.99. The quantitative estimate of drug-likeness (QED) is 0.668. The van der Waals surface area contributed by atoms with Gasteiger partial charge in [-0.1, -0.05) is 6.92 Å². The van der Waals surface area contributed by atoms with Crippen LogP contribution in [0.1, 0.15) is 22.8 Å². The molecule has 0 saturated carbocycles. The van der Waals surface area contributed by atoms with E-state index in [-0.39, 0.29) is 5.91 Å². The normalized spacial score (nSPS) is 9.69. The van der Waals surface area contributed by atoms with Gasteiger partial charge in [0, 0.05) is 18.3 Å². The van der Waals surface area contributed by atoms with Gasteiger partial charge < -0.3 is 11.1 Å². The second kappa shape index (κ2) is 3.94. The number of hydrogen-bond acceptors (Lipinski definition) is 2. The Hall–Kier alpha value is -1.51. The lowest BCUT2D eigenvalue weighted by Crippen LogP contribution is -2.19. The first-order valence-corrected chi connectivity index (χ1v) is 4.29. The Kier molecular flexibility index (Phi) is 2.90. The number of rotatable bonds is 2. The van der Waals surface area contributed by atoms with Crippen molar-refractivity contribution < 1.29 is 4.79 Å². The molecule has 0 fully saturated rings. The Labute approximate surface area is 77.9 Å². The Bertz CT molecular complexity index is 321. The van der Waals surface area contributed by atoms with Crippen LogP contribution in [0, 0.1) is 0 Å². The number of carbonyl (C=O) groups is 1. The largest absolute Gasteiger partial charge is 0.399 e. The minimum absolute atomic E-state index is 0.0585. The van der Waals surface area contributed by atoms with Gasteiger partial charge in [0.15, 0.2) is 0 Å². The molecule has 0 aliphatic rings. The van der Waals surface area contributed by atoms with Gasteiger partial charge in [-0.25, -0.2) is 0 Å². The van der Waals surface area contributed by atoms with Crippen molar-refractivity contribution in [2.45, 2.75) is 13.3 Å². The Balaban J connectivity index is 3.13. The summed E-state index contributed by atoms with van der Waals surface area (Å²) in [6.07, 6.45) is 0.813. The molecular weight excluding hydrogens is 164 g/mol. The lowest BCUT2D eigenvalue weighted by molar-refractivity contribution is 0.0962. The monoisotopic (exact) mass is 178 g/mol. The smallest absolute Gasteiger partial charge is 0.251 e. The van der Waals surface area contributed by atoms with Crippen LogP contribution in [0.5, 0.6) is 0 Å². The van der Waals surface area contributed by atoms with Crippen LogP contribution in [0.25, 0.3) is 0 Å². The molecule has 3 heteroatoms. The first kappa shape index (κ1) is 9.58. The van der Waals surface area contributed by atoms with Crippen LogP contribution in [0.15, 0.2) is 18.2 Å². The van der Waals surface area contributed by atoms with Gasteiger partial charge in [0.2, 0.25) is 0 Å². The summed E-state index contributed by atoms with van der Waals surface area (Å²) >= 11 is 0. The lowest BCUT2D eigenvalue weighted by atomic mass is 10.0. The Morgan fingerprint density at radius 3 is 2.77 bits per heavy atom. The van der Waals surface area contributed by atoms with E-state index in [9.17, 15) is 4.79 Å². The number of hydrogen-bond donors (Lipinski definition) is 2. The van der Waals surface area contributed by atoms with Crippen molar-refractivity contribution in [1.82, 2.24) is 5.32 Å². The zero-order valence-electron chi connectivity index (χ0n) is 7.92. The molecule has 0 saturated heterocycles. The first-order valence-electron chi connectivity index (χ1n) is 4.29. The van der Waals surface area contributed by atoms with E-state index in [1.54, 1.807) is 19.2 Å². The molecule has 0 spiro atoms. The zero-order valence-corrected chi connectivity index (χ0v) is 7.92. The van der Waals surface area contributed by atoms with Crippen molar-refractivity contribution in [2.24, 2.45) is 0 Å². The van der Waals surface area contributed by atoms with E-state index in [1.807, 2.05) is 13.0 Å². The number of nitrogens with two attached hydrogens (primary N) is 1. The summed E-state index contributed by atoms with van der Waals surface area (Å²) in [5.74, 6) is -0.0585. The van der Waals surface area contributed by atoms with E-state index >= 15 is 0 Å². The van der Waals surface area contributed by atoms with Gasteiger partial charge in [0.05, 0.1) is 0 Å². The highest BCUT2D eigenvalue weighted by Crippen LogP contribution is 2.13. The number of carbonyl (C=O) groups excluding carboxylic acids is 1. The molecule has 0 unspecified atom stereocenters. The molecule has 1 amide bonds. The van der Waals surface area contributed by atoms with Gasteiger partial charge >= 0.3 is 0 Å². The Morgan fingerprint density at radius 2 is 2.23 bits per heavy atom. The molecule has 1 rings (SSSR count). The standard InChI is InChI=1S/C10H14N2O/c1-3-7-6-8(11)4-5-9(7)10(13)12-2/h4-6H,3,11H2,1-2H3,(H,12,13). The van der Waals surface area contributed by atoms with Gasteiger partial charge in [0.1, 0.15) is 0 Å². The summed E-state index contributed by atoms with van der Waals surface area (Å²) in [6.45, 7) is 2.00. The molecule has 1 aromatic carbocycles. The van der Waals surface area contributed by atoms with Crippen molar-refractivity contribution in [3.8, 4) is 0 Å². The van der Waals surface area contributed by atoms with E-state index in [0.29, 0.717) is 11.3 Å². The van der Waals surface area contributed by atoms with Crippen molar-refractivity contribution in [2.75, 3.05) is 12.8 Å². The SMILES string of the molecule is CCc1cc(N)ccc1C(=O)NC. The lowest BCUT2D eigenvalue weighted by Gasteiger charge is -2.06. The summed E-state index contributed by atoms with van der Waals surface area (Å²) in [6, 6.07) is 5.33. The third-order valence-corrected chi connectivity index (χ3v) is 1.98. The van der Waals surface area contributed by atoms with Crippen LogP contribution in [-0.2, 0) is 6.42 Å². The van der Waals surface area contributed by atoms with E-state index in [4.69, 9.17) is 5.73 Å². The summed E-state index contributed by atoms with van der Waals surface area (Å²) in [4.78, 5) is 11.4. The van der Waals surface area contributed by atoms with Crippen LogP contribution in [0.3, 0.4) is 0 Å². The number of benzene rings is 1. The molecule has 3 N–H and O–H groups in total. The second-order valence-corrected chi connectivity index (χ2v) is 2.85. The summed E-state index contributed by atoms with van der Waals surface area (Å²) in [7, 11) is 1.62. The zero-order chi connectivity index (χ0) is 9.84. The number of nitrogens with one attached hydrogen (secondary N) is 1. The fourth-order valence-electron chi connectivity index (χ4n) is 1.26. The Morgan fingerprint density at radius 1 is 1.54 bits per heavy atom. The van der Waals surface area contributed by atoms with Gasteiger partial charge in [-0.3, -0.25) is 4.79 Å². The maximum absolute atomic E-state index is 11.4. The topological polar surface area (TPSA) is 55.1 Å². The molecular formula is C10H14N2O. The van der Waals surface area contributed by atoms with Crippen LogP contribution < -0.4 is 11.1 Å². The molecule has 0 heterocycles. The molecule has 0 aromatic heterocycles. The van der Waals surface area contributed by atoms with E-state index in [0.717, 1.165) is 12.0 Å².